The molecule has 1 saturated carbocycles. The minimum absolute atomic E-state index is 0.136. The lowest BCUT2D eigenvalue weighted by Gasteiger charge is -2.45. The molecule has 0 spiro atoms. The van der Waals surface area contributed by atoms with Gasteiger partial charge in [0.1, 0.15) is 0 Å². The molecule has 3 heteroatoms. The third kappa shape index (κ3) is 1.78. The lowest BCUT2D eigenvalue weighted by Crippen LogP contribution is -2.52. The normalized spacial score (nSPS) is 32.9. The summed E-state index contributed by atoms with van der Waals surface area (Å²) in [6.07, 6.45) is 4.37. The highest BCUT2D eigenvalue weighted by Crippen LogP contribution is 2.39. The van der Waals surface area contributed by atoms with E-state index in [2.05, 4.69) is 18.7 Å². The summed E-state index contributed by atoms with van der Waals surface area (Å²) in [5.41, 5.74) is 0.215. The average molecular weight is 197 g/mol. The Kier molecular flexibility index (Phi) is 2.30. The van der Waals surface area contributed by atoms with Crippen molar-refractivity contribution in [2.24, 2.45) is 5.92 Å². The second-order valence-corrected chi connectivity index (χ2v) is 5.27. The van der Waals surface area contributed by atoms with Crippen molar-refractivity contribution in [3.63, 3.8) is 0 Å². The van der Waals surface area contributed by atoms with Gasteiger partial charge in [-0.1, -0.05) is 0 Å². The zero-order valence-corrected chi connectivity index (χ0v) is 8.99. The predicted octanol–water partition coefficient (Wildman–Crippen LogP) is 1.72. The number of rotatable bonds is 2. The Morgan fingerprint density at radius 2 is 2.00 bits per heavy atom. The number of aliphatic carboxylic acids is 1. The van der Waals surface area contributed by atoms with Gasteiger partial charge in [-0.3, -0.25) is 9.69 Å². The number of carbonyl (C=O) groups is 1. The van der Waals surface area contributed by atoms with E-state index >= 15 is 0 Å². The molecule has 3 nitrogen and oxygen atoms in total. The van der Waals surface area contributed by atoms with Gasteiger partial charge in [0, 0.05) is 18.1 Å². The number of piperidine rings is 1. The Morgan fingerprint density at radius 3 is 2.50 bits per heavy atom. The zero-order chi connectivity index (χ0) is 10.3. The molecular weight excluding hydrogens is 178 g/mol. The Balaban J connectivity index is 2.05. The van der Waals surface area contributed by atoms with Gasteiger partial charge in [0.2, 0.25) is 0 Å². The van der Waals surface area contributed by atoms with Crippen LogP contribution in [0.4, 0.5) is 0 Å². The lowest BCUT2D eigenvalue weighted by atomic mass is 9.84. The molecule has 0 aromatic rings. The van der Waals surface area contributed by atoms with Gasteiger partial charge in [0.25, 0.3) is 0 Å². The van der Waals surface area contributed by atoms with Crippen molar-refractivity contribution in [2.45, 2.75) is 51.1 Å². The summed E-state index contributed by atoms with van der Waals surface area (Å²) in [6.45, 7) is 5.24. The smallest absolute Gasteiger partial charge is 0.307 e. The fraction of sp³-hybridized carbons (Fsp3) is 0.909. The average Bonchev–Trinajstić information content (AvgIpc) is 2.86. The maximum Gasteiger partial charge on any atom is 0.307 e. The molecule has 1 aliphatic carbocycles. The minimum Gasteiger partial charge on any atom is -0.481 e. The Morgan fingerprint density at radius 1 is 1.36 bits per heavy atom. The van der Waals surface area contributed by atoms with Gasteiger partial charge in [0.15, 0.2) is 0 Å². The second kappa shape index (κ2) is 3.23. The highest BCUT2D eigenvalue weighted by atomic mass is 16.4. The molecule has 0 aromatic carbocycles. The van der Waals surface area contributed by atoms with Crippen LogP contribution in [0.5, 0.6) is 0 Å². The highest BCUT2D eigenvalue weighted by molar-refractivity contribution is 5.70. The summed E-state index contributed by atoms with van der Waals surface area (Å²) in [4.78, 5) is 13.3. The van der Waals surface area contributed by atoms with Crippen molar-refractivity contribution in [1.29, 1.82) is 0 Å². The maximum absolute atomic E-state index is 10.9. The van der Waals surface area contributed by atoms with Crippen LogP contribution < -0.4 is 0 Å². The number of hydrogen-bond donors (Lipinski definition) is 1. The van der Waals surface area contributed by atoms with E-state index in [4.69, 9.17) is 5.11 Å². The second-order valence-electron chi connectivity index (χ2n) is 5.27. The van der Waals surface area contributed by atoms with E-state index < -0.39 is 5.97 Å². The van der Waals surface area contributed by atoms with Crippen LogP contribution >= 0.6 is 0 Å². The van der Waals surface area contributed by atoms with E-state index in [0.29, 0.717) is 6.04 Å². The fourth-order valence-corrected chi connectivity index (χ4v) is 2.48. The molecule has 80 valence electrons. The first-order chi connectivity index (χ1) is 6.50. The molecule has 0 radical (unpaired) electrons. The van der Waals surface area contributed by atoms with Gasteiger partial charge in [-0.05, 0) is 39.5 Å². The van der Waals surface area contributed by atoms with Crippen LogP contribution in [0.15, 0.2) is 0 Å². The molecule has 2 fully saturated rings. The van der Waals surface area contributed by atoms with E-state index in [1.807, 2.05) is 0 Å². The van der Waals surface area contributed by atoms with Gasteiger partial charge >= 0.3 is 5.97 Å². The molecule has 2 aliphatic rings. The summed E-state index contributed by atoms with van der Waals surface area (Å²) in [5.74, 6) is -0.755. The Labute approximate surface area is 85.1 Å². The van der Waals surface area contributed by atoms with Gasteiger partial charge < -0.3 is 5.11 Å². The molecule has 1 atom stereocenters. The fourth-order valence-electron chi connectivity index (χ4n) is 2.48. The molecule has 0 aromatic heterocycles. The van der Waals surface area contributed by atoms with Crippen molar-refractivity contribution >= 4 is 5.97 Å². The standard InChI is InChI=1S/C11H19NO2/c1-11(2)6-5-8(10(13)14)7-12(11)9-3-4-9/h8-9H,3-7H2,1-2H3,(H,13,14). The molecule has 1 saturated heterocycles. The minimum atomic E-state index is -0.619. The van der Waals surface area contributed by atoms with Crippen LogP contribution in [-0.2, 0) is 4.79 Å². The number of hydrogen-bond acceptors (Lipinski definition) is 2. The molecule has 14 heavy (non-hydrogen) atoms. The lowest BCUT2D eigenvalue weighted by molar-refractivity contribution is -0.145. The van der Waals surface area contributed by atoms with E-state index in [1.165, 1.54) is 12.8 Å². The SMILES string of the molecule is CC1(C)CCC(C(=O)O)CN1C1CC1. The first-order valence-electron chi connectivity index (χ1n) is 5.50. The summed E-state index contributed by atoms with van der Waals surface area (Å²) in [5, 5.41) is 9.00. The van der Waals surface area contributed by atoms with E-state index in [9.17, 15) is 4.79 Å². The molecule has 1 heterocycles. The van der Waals surface area contributed by atoms with Crippen LogP contribution in [0.2, 0.25) is 0 Å². The maximum atomic E-state index is 10.9. The van der Waals surface area contributed by atoms with Gasteiger partial charge in [-0.25, -0.2) is 0 Å². The van der Waals surface area contributed by atoms with Gasteiger partial charge in [0.05, 0.1) is 5.92 Å². The predicted molar refractivity (Wildman–Crippen MR) is 54.2 cm³/mol. The van der Waals surface area contributed by atoms with Crippen LogP contribution in [0.3, 0.4) is 0 Å². The van der Waals surface area contributed by atoms with E-state index in [1.54, 1.807) is 0 Å². The first-order valence-corrected chi connectivity index (χ1v) is 5.50. The van der Waals surface area contributed by atoms with Crippen LogP contribution in [-0.4, -0.2) is 34.1 Å². The van der Waals surface area contributed by atoms with Crippen LogP contribution in [0.25, 0.3) is 0 Å². The molecule has 0 bridgehead atoms. The quantitative estimate of drug-likeness (QED) is 0.732. The number of carboxylic acid groups (broad SMARTS) is 1. The Bertz CT molecular complexity index is 246. The highest BCUT2D eigenvalue weighted by Gasteiger charge is 2.43. The van der Waals surface area contributed by atoms with Crippen LogP contribution in [0.1, 0.15) is 39.5 Å². The number of carboxylic acids is 1. The topological polar surface area (TPSA) is 40.5 Å². The van der Waals surface area contributed by atoms with E-state index in [-0.39, 0.29) is 11.5 Å². The molecule has 0 amide bonds. The summed E-state index contributed by atoms with van der Waals surface area (Å²) in [6, 6.07) is 0.673. The Hall–Kier alpha value is -0.570. The number of likely N-dealkylation sites (tertiary alicyclic amines) is 1. The van der Waals surface area contributed by atoms with E-state index in [0.717, 1.165) is 19.4 Å². The molecule has 1 aliphatic heterocycles. The largest absolute Gasteiger partial charge is 0.481 e. The van der Waals surface area contributed by atoms with Gasteiger partial charge in [-0.15, -0.1) is 0 Å². The van der Waals surface area contributed by atoms with Crippen molar-refractivity contribution in [3.8, 4) is 0 Å². The summed E-state index contributed by atoms with van der Waals surface area (Å²) < 4.78 is 0. The summed E-state index contributed by atoms with van der Waals surface area (Å²) >= 11 is 0. The van der Waals surface area contributed by atoms with Crippen molar-refractivity contribution < 1.29 is 9.90 Å². The van der Waals surface area contributed by atoms with Crippen molar-refractivity contribution in [1.82, 2.24) is 4.90 Å². The third-order valence-electron chi connectivity index (χ3n) is 3.64. The molecule has 1 N–H and O–H groups in total. The summed E-state index contributed by atoms with van der Waals surface area (Å²) in [7, 11) is 0. The molecule has 1 unspecified atom stereocenters. The zero-order valence-electron chi connectivity index (χ0n) is 8.99. The first kappa shape index (κ1) is 9.97. The third-order valence-corrected chi connectivity index (χ3v) is 3.64. The van der Waals surface area contributed by atoms with Crippen LogP contribution in [0, 0.1) is 5.92 Å². The van der Waals surface area contributed by atoms with Crippen molar-refractivity contribution in [2.75, 3.05) is 6.54 Å². The van der Waals surface area contributed by atoms with Gasteiger partial charge in [-0.2, -0.15) is 0 Å². The molecular formula is C11H19NO2. The van der Waals surface area contributed by atoms with Crippen molar-refractivity contribution in [3.05, 3.63) is 0 Å². The monoisotopic (exact) mass is 197 g/mol. The molecule has 2 rings (SSSR count). The number of nitrogens with zero attached hydrogens (tertiary/aromatic N) is 1.